The van der Waals surface area contributed by atoms with Crippen molar-refractivity contribution in [3.63, 3.8) is 0 Å². The highest BCUT2D eigenvalue weighted by Crippen LogP contribution is 2.33. The van der Waals surface area contributed by atoms with Crippen LogP contribution in [-0.4, -0.2) is 193 Å². The van der Waals surface area contributed by atoms with E-state index in [9.17, 15) is 61.0 Å². The quantitative estimate of drug-likeness (QED) is 0.0199. The first-order chi connectivity index (χ1) is 51.8. The molecule has 0 aromatic rings. The summed E-state index contributed by atoms with van der Waals surface area (Å²) in [4.78, 5) is 13.5. The van der Waals surface area contributed by atoms with Gasteiger partial charge in [0.1, 0.15) is 73.2 Å². The molecule has 0 radical (unpaired) electrons. The molecule has 0 aromatic carbocycles. The summed E-state index contributed by atoms with van der Waals surface area (Å²) in [6.45, 7) is 1.61. The number of carbonyl (C=O) groups is 1. The maximum atomic E-state index is 13.5. The second kappa shape index (κ2) is 65.6. The van der Waals surface area contributed by atoms with E-state index in [1.165, 1.54) is 135 Å². The first-order valence-electron chi connectivity index (χ1n) is 41.4. The number of unbranched alkanes of at least 4 members (excludes halogenated alkanes) is 28. The molecule has 19 heteroatoms. The van der Waals surface area contributed by atoms with E-state index in [-0.39, 0.29) is 18.9 Å². The van der Waals surface area contributed by atoms with Gasteiger partial charge in [-0.15, -0.1) is 0 Å². The fraction of sp³-hybridized carbons (Fsp3) is 0.736. The Kier molecular flexibility index (Phi) is 59.5. The van der Waals surface area contributed by atoms with E-state index in [1.807, 2.05) is 6.08 Å². The SMILES string of the molecule is CC/C=C\C/C=C\C/C=C\C/C=C\C/C=C\C/C=C\C/C=C\C/C=C\C/C=C\CCCCCCCCCCCCCC(=O)NC(COC1OC(CO)C(OC2OC(CO)C(OC3OC(CO)C(O)C(O)C3O)C(O)C2O)C(O)C1O)C(O)/C=C/CC/C=C/CCCCCCCCCCCCCCCCCC. The largest absolute Gasteiger partial charge is 0.394 e. The Balaban J connectivity index is 1.36. The van der Waals surface area contributed by atoms with Gasteiger partial charge < -0.3 is 89.9 Å². The summed E-state index contributed by atoms with van der Waals surface area (Å²) in [6.07, 6.45) is 67.2. The second-order valence-electron chi connectivity index (χ2n) is 28.8. The molecule has 17 atom stereocenters. The van der Waals surface area contributed by atoms with Crippen molar-refractivity contribution >= 4 is 5.91 Å². The zero-order chi connectivity index (χ0) is 76.7. The van der Waals surface area contributed by atoms with Crippen molar-refractivity contribution in [1.29, 1.82) is 0 Å². The molecule has 3 heterocycles. The summed E-state index contributed by atoms with van der Waals surface area (Å²) in [6, 6.07) is -1.00. The highest BCUT2D eigenvalue weighted by atomic mass is 16.8. The minimum absolute atomic E-state index is 0.224. The maximum absolute atomic E-state index is 13.5. The lowest BCUT2D eigenvalue weighted by atomic mass is 9.96. The molecule has 0 aliphatic carbocycles. The van der Waals surface area contributed by atoms with Gasteiger partial charge in [-0.2, -0.15) is 0 Å². The lowest BCUT2D eigenvalue weighted by molar-refractivity contribution is -0.379. The molecule has 608 valence electrons. The number of aliphatic hydroxyl groups excluding tert-OH is 11. The van der Waals surface area contributed by atoms with Crippen molar-refractivity contribution in [3.05, 3.63) is 134 Å². The van der Waals surface area contributed by atoms with Gasteiger partial charge >= 0.3 is 0 Å². The summed E-state index contributed by atoms with van der Waals surface area (Å²) >= 11 is 0. The van der Waals surface area contributed by atoms with Crippen molar-refractivity contribution in [2.24, 2.45) is 0 Å². The van der Waals surface area contributed by atoms with Gasteiger partial charge in [0.15, 0.2) is 18.9 Å². The highest BCUT2D eigenvalue weighted by Gasteiger charge is 2.54. The van der Waals surface area contributed by atoms with E-state index in [4.69, 9.17) is 28.4 Å². The van der Waals surface area contributed by atoms with Crippen molar-refractivity contribution in [3.8, 4) is 0 Å². The summed E-state index contributed by atoms with van der Waals surface area (Å²) in [7, 11) is 0. The molecule has 3 fully saturated rings. The predicted molar refractivity (Wildman–Crippen MR) is 424 cm³/mol. The number of hydrogen-bond acceptors (Lipinski definition) is 18. The number of ether oxygens (including phenoxy) is 6. The maximum Gasteiger partial charge on any atom is 0.220 e. The van der Waals surface area contributed by atoms with Gasteiger partial charge in [-0.25, -0.2) is 0 Å². The smallest absolute Gasteiger partial charge is 0.220 e. The summed E-state index contributed by atoms with van der Waals surface area (Å²) in [5, 5.41) is 121. The van der Waals surface area contributed by atoms with Gasteiger partial charge in [0, 0.05) is 6.42 Å². The van der Waals surface area contributed by atoms with E-state index >= 15 is 0 Å². The molecule has 0 spiro atoms. The van der Waals surface area contributed by atoms with Crippen LogP contribution in [0.5, 0.6) is 0 Å². The van der Waals surface area contributed by atoms with Crippen LogP contribution in [0.15, 0.2) is 134 Å². The lowest BCUT2D eigenvalue weighted by Crippen LogP contribution is -2.66. The number of amides is 1. The summed E-state index contributed by atoms with van der Waals surface area (Å²) < 4.78 is 34.4. The van der Waals surface area contributed by atoms with Crippen LogP contribution in [0.4, 0.5) is 0 Å². The Morgan fingerprint density at radius 1 is 0.349 bits per heavy atom. The Morgan fingerprint density at radius 2 is 0.660 bits per heavy atom. The fourth-order valence-electron chi connectivity index (χ4n) is 13.1. The number of carbonyl (C=O) groups excluding carboxylic acids is 1. The number of aliphatic hydroxyl groups is 11. The molecule has 106 heavy (non-hydrogen) atoms. The number of nitrogens with one attached hydrogen (secondary N) is 1. The first-order valence-corrected chi connectivity index (χ1v) is 41.4. The van der Waals surface area contributed by atoms with Crippen LogP contribution >= 0.6 is 0 Å². The highest BCUT2D eigenvalue weighted by molar-refractivity contribution is 5.76. The molecule has 19 nitrogen and oxygen atoms in total. The molecule has 0 aromatic heterocycles. The van der Waals surface area contributed by atoms with Gasteiger partial charge in [0.05, 0.1) is 38.6 Å². The zero-order valence-corrected chi connectivity index (χ0v) is 65.1. The normalized spacial score (nSPS) is 26.4. The third-order valence-electron chi connectivity index (χ3n) is 19.7. The molecule has 3 aliphatic heterocycles. The van der Waals surface area contributed by atoms with Crippen molar-refractivity contribution in [1.82, 2.24) is 5.32 Å². The van der Waals surface area contributed by atoms with Crippen LogP contribution in [0.2, 0.25) is 0 Å². The van der Waals surface area contributed by atoms with Crippen molar-refractivity contribution < 1.29 is 89.4 Å². The molecule has 0 saturated carbocycles. The zero-order valence-electron chi connectivity index (χ0n) is 65.1. The third kappa shape index (κ3) is 44.7. The number of rotatable bonds is 64. The van der Waals surface area contributed by atoms with Crippen LogP contribution in [0.25, 0.3) is 0 Å². The second-order valence-corrected chi connectivity index (χ2v) is 28.8. The molecule has 3 saturated heterocycles. The van der Waals surface area contributed by atoms with Gasteiger partial charge in [0.25, 0.3) is 0 Å². The fourth-order valence-corrected chi connectivity index (χ4v) is 13.1. The van der Waals surface area contributed by atoms with Crippen molar-refractivity contribution in [2.45, 2.75) is 381 Å². The summed E-state index contributed by atoms with van der Waals surface area (Å²) in [5.74, 6) is -0.292. The molecule has 3 aliphatic rings. The van der Waals surface area contributed by atoms with Crippen molar-refractivity contribution in [2.75, 3.05) is 26.4 Å². The van der Waals surface area contributed by atoms with Crippen LogP contribution in [0.1, 0.15) is 277 Å². The first kappa shape index (κ1) is 96.1. The Bertz CT molecular complexity index is 2440. The van der Waals surface area contributed by atoms with E-state index in [0.29, 0.717) is 12.8 Å². The average molecular weight is 1500 g/mol. The van der Waals surface area contributed by atoms with Crippen LogP contribution in [0, 0.1) is 0 Å². The van der Waals surface area contributed by atoms with E-state index in [0.717, 1.165) is 109 Å². The van der Waals surface area contributed by atoms with Gasteiger partial charge in [-0.1, -0.05) is 302 Å². The molecule has 12 N–H and O–H groups in total. The predicted octanol–water partition coefficient (Wildman–Crippen LogP) is 14.4. The Labute approximate surface area is 639 Å². The van der Waals surface area contributed by atoms with E-state index < -0.39 is 124 Å². The number of allylic oxidation sites excluding steroid dienone is 21. The minimum Gasteiger partial charge on any atom is -0.394 e. The standard InChI is InChI=1S/C87H147NO18/c1-3-5-7-9-11-13-15-17-19-21-23-25-27-28-29-30-31-32-33-34-35-36-37-38-39-40-41-42-43-45-47-49-51-53-55-57-59-61-63-65-75(93)88-70(71(92)64-62-60-58-56-54-52-50-48-46-44-26-24-22-20-18-16-14-12-10-8-6-4-2)69-101-85-81(99)78(96)83(73(67-90)103-85)106-87-82(100)79(97)84(74(68-91)104-87)105-86-80(98)77(95)76(94)72(66-89)102-86/h5,7,11,13,17,19,23,25,28-29,31-32,34-35,37-38,40-41,54,56,62,64,70-74,76-87,89-92,94-100H,3-4,6,8-10,12,14-16,18,20-22,24,26-27,30,33,36,39,42-53,55,57-61,63,65-69H2,1-2H3,(H,88,93)/b7-5-,13-11-,19-17-,25-23-,29-28-,32-31-,35-34-,38-37-,41-40-,56-54+,64-62+. The molecular formula is C87H147NO18. The Hall–Kier alpha value is -4.07. The van der Waals surface area contributed by atoms with Crippen LogP contribution in [0.3, 0.4) is 0 Å². The average Bonchev–Trinajstić information content (AvgIpc) is 0.780. The Morgan fingerprint density at radius 3 is 1.06 bits per heavy atom. The summed E-state index contributed by atoms with van der Waals surface area (Å²) in [5.41, 5.74) is 0. The third-order valence-corrected chi connectivity index (χ3v) is 19.7. The van der Waals surface area contributed by atoms with E-state index in [2.05, 4.69) is 141 Å². The number of hydrogen-bond donors (Lipinski definition) is 12. The van der Waals surface area contributed by atoms with Gasteiger partial charge in [0.2, 0.25) is 5.91 Å². The topological polar surface area (TPSA) is 307 Å². The lowest BCUT2D eigenvalue weighted by Gasteiger charge is -2.48. The van der Waals surface area contributed by atoms with Gasteiger partial charge in [-0.05, 0) is 103 Å². The monoisotopic (exact) mass is 1490 g/mol. The molecular weight excluding hydrogens is 1350 g/mol. The van der Waals surface area contributed by atoms with E-state index in [1.54, 1.807) is 6.08 Å². The molecule has 0 bridgehead atoms. The van der Waals surface area contributed by atoms with Crippen LogP contribution in [-0.2, 0) is 33.2 Å². The minimum atomic E-state index is -1.99. The van der Waals surface area contributed by atoms with Crippen LogP contribution < -0.4 is 5.32 Å². The molecule has 1 amide bonds. The molecule has 3 rings (SSSR count). The van der Waals surface area contributed by atoms with Gasteiger partial charge in [-0.3, -0.25) is 4.79 Å². The molecule has 17 unspecified atom stereocenters.